The molecule has 1 spiro atoms. The largest absolute Gasteiger partial charge is 0.387 e. The third kappa shape index (κ3) is 2.92. The maximum absolute atomic E-state index is 12.6. The minimum atomic E-state index is -0.325. The number of likely N-dealkylation sites (tertiary alicyclic amines) is 1. The van der Waals surface area contributed by atoms with Gasteiger partial charge in [-0.25, -0.2) is 0 Å². The lowest BCUT2D eigenvalue weighted by molar-refractivity contribution is -0.00917. The molecular weight excluding hydrogens is 300 g/mol. The van der Waals surface area contributed by atoms with Crippen LogP contribution >= 0.6 is 0 Å². The second-order valence-corrected chi connectivity index (χ2v) is 6.61. The smallest absolute Gasteiger partial charge is 0.253 e. The van der Waals surface area contributed by atoms with Crippen LogP contribution in [-0.2, 0) is 11.3 Å². The van der Waals surface area contributed by atoms with Gasteiger partial charge >= 0.3 is 0 Å². The third-order valence-electron chi connectivity index (χ3n) is 4.77. The van der Waals surface area contributed by atoms with E-state index in [2.05, 4.69) is 17.3 Å². The van der Waals surface area contributed by atoms with Crippen LogP contribution in [0.5, 0.6) is 0 Å². The average molecular weight is 320 g/mol. The normalized spacial score (nSPS) is 22.5. The molecular formula is C20H20N2O2. The summed E-state index contributed by atoms with van der Waals surface area (Å²) < 4.78 is 0. The summed E-state index contributed by atoms with van der Waals surface area (Å²) in [5.74, 6) is 0.0765. The minimum Gasteiger partial charge on any atom is -0.387 e. The Kier molecular flexibility index (Phi) is 3.81. The van der Waals surface area contributed by atoms with Gasteiger partial charge in [-0.05, 0) is 17.7 Å². The van der Waals surface area contributed by atoms with Crippen molar-refractivity contribution in [2.45, 2.75) is 24.9 Å². The Morgan fingerprint density at radius 2 is 1.79 bits per heavy atom. The quantitative estimate of drug-likeness (QED) is 0.871. The number of amides is 1. The first-order chi connectivity index (χ1) is 11.7. The van der Waals surface area contributed by atoms with Crippen molar-refractivity contribution in [1.82, 2.24) is 4.90 Å². The molecule has 1 atom stereocenters. The highest BCUT2D eigenvalue weighted by atomic mass is 16.7. The highest BCUT2D eigenvalue weighted by Crippen LogP contribution is 2.35. The number of rotatable bonds is 3. The van der Waals surface area contributed by atoms with E-state index < -0.39 is 0 Å². The fourth-order valence-corrected chi connectivity index (χ4v) is 3.52. The van der Waals surface area contributed by atoms with E-state index in [0.717, 1.165) is 37.1 Å². The van der Waals surface area contributed by atoms with Gasteiger partial charge < -0.3 is 9.74 Å². The Labute approximate surface area is 141 Å². The summed E-state index contributed by atoms with van der Waals surface area (Å²) in [4.78, 5) is 20.3. The Balaban J connectivity index is 1.40. The van der Waals surface area contributed by atoms with Crippen LogP contribution < -0.4 is 0 Å². The number of hydrogen-bond donors (Lipinski definition) is 0. The molecule has 0 N–H and O–H groups in total. The lowest BCUT2D eigenvalue weighted by Gasteiger charge is -2.21. The molecule has 1 fully saturated rings. The lowest BCUT2D eigenvalue weighted by Crippen LogP contribution is -2.36. The van der Waals surface area contributed by atoms with E-state index in [0.29, 0.717) is 6.54 Å². The molecule has 1 amide bonds. The van der Waals surface area contributed by atoms with E-state index in [9.17, 15) is 4.79 Å². The van der Waals surface area contributed by atoms with Crippen LogP contribution in [0.25, 0.3) is 0 Å². The van der Waals surface area contributed by atoms with Crippen molar-refractivity contribution in [3.63, 3.8) is 0 Å². The molecule has 2 aromatic carbocycles. The molecule has 4 nitrogen and oxygen atoms in total. The number of hydrogen-bond acceptors (Lipinski definition) is 3. The van der Waals surface area contributed by atoms with Crippen LogP contribution in [0, 0.1) is 0 Å². The molecule has 1 unspecified atom stereocenters. The molecule has 2 aliphatic rings. The van der Waals surface area contributed by atoms with Crippen LogP contribution in [0.3, 0.4) is 0 Å². The fourth-order valence-electron chi connectivity index (χ4n) is 3.52. The molecule has 1 saturated heterocycles. The predicted molar refractivity (Wildman–Crippen MR) is 93.0 cm³/mol. The van der Waals surface area contributed by atoms with E-state index in [1.165, 1.54) is 5.56 Å². The van der Waals surface area contributed by atoms with Gasteiger partial charge in [-0.1, -0.05) is 53.7 Å². The van der Waals surface area contributed by atoms with E-state index in [4.69, 9.17) is 4.84 Å². The van der Waals surface area contributed by atoms with Gasteiger partial charge in [-0.2, -0.15) is 0 Å². The first-order valence-electron chi connectivity index (χ1n) is 8.36. The molecule has 2 aromatic rings. The summed E-state index contributed by atoms with van der Waals surface area (Å²) in [6, 6.07) is 19.7. The van der Waals surface area contributed by atoms with Gasteiger partial charge in [0.2, 0.25) is 0 Å². The monoisotopic (exact) mass is 320 g/mol. The Bertz CT molecular complexity index is 758. The number of carbonyl (C=O) groups is 1. The maximum Gasteiger partial charge on any atom is 0.253 e. The zero-order valence-corrected chi connectivity index (χ0v) is 13.5. The van der Waals surface area contributed by atoms with Crippen molar-refractivity contribution < 1.29 is 9.63 Å². The van der Waals surface area contributed by atoms with Crippen LogP contribution in [0.2, 0.25) is 0 Å². The molecule has 2 aliphatic heterocycles. The van der Waals surface area contributed by atoms with E-state index in [1.807, 2.05) is 53.4 Å². The van der Waals surface area contributed by atoms with Gasteiger partial charge in [-0.3, -0.25) is 4.79 Å². The lowest BCUT2D eigenvalue weighted by atomic mass is 9.94. The molecule has 4 heteroatoms. The van der Waals surface area contributed by atoms with Gasteiger partial charge in [0.15, 0.2) is 5.60 Å². The van der Waals surface area contributed by atoms with Crippen LogP contribution in [0.1, 0.15) is 28.8 Å². The van der Waals surface area contributed by atoms with Gasteiger partial charge in [0.1, 0.15) is 0 Å². The van der Waals surface area contributed by atoms with Crippen molar-refractivity contribution in [3.05, 3.63) is 71.8 Å². The molecule has 4 rings (SSSR count). The Hall–Kier alpha value is -2.62. The Morgan fingerprint density at radius 3 is 2.54 bits per heavy atom. The van der Waals surface area contributed by atoms with Crippen molar-refractivity contribution >= 4 is 11.6 Å². The van der Waals surface area contributed by atoms with E-state index >= 15 is 0 Å². The summed E-state index contributed by atoms with van der Waals surface area (Å²) in [7, 11) is 0. The van der Waals surface area contributed by atoms with Gasteiger partial charge in [0.25, 0.3) is 5.91 Å². The van der Waals surface area contributed by atoms with Crippen molar-refractivity contribution in [3.8, 4) is 0 Å². The third-order valence-corrected chi connectivity index (χ3v) is 4.77. The highest BCUT2D eigenvalue weighted by molar-refractivity contribution is 5.94. The second-order valence-electron chi connectivity index (χ2n) is 6.61. The topological polar surface area (TPSA) is 41.9 Å². The van der Waals surface area contributed by atoms with E-state index in [-0.39, 0.29) is 11.5 Å². The second kappa shape index (κ2) is 6.11. The minimum absolute atomic E-state index is 0.0765. The molecule has 0 aromatic heterocycles. The molecule has 122 valence electrons. The summed E-state index contributed by atoms with van der Waals surface area (Å²) in [6.07, 6.45) is 2.46. The van der Waals surface area contributed by atoms with Crippen LogP contribution in [-0.4, -0.2) is 35.2 Å². The molecule has 0 radical (unpaired) electrons. The zero-order chi connectivity index (χ0) is 16.4. The van der Waals surface area contributed by atoms with Gasteiger partial charge in [0, 0.05) is 31.4 Å². The van der Waals surface area contributed by atoms with Gasteiger partial charge in [-0.15, -0.1) is 0 Å². The standard InChI is InChI=1S/C20H20N2O2/c23-19(17-9-5-2-6-10-17)22-12-11-20(15-22)14-18(21-24-20)13-16-7-3-1-4-8-16/h1-10H,11-15H2. The molecule has 0 aliphatic carbocycles. The highest BCUT2D eigenvalue weighted by Gasteiger charge is 2.46. The molecule has 0 bridgehead atoms. The maximum atomic E-state index is 12.6. The first-order valence-corrected chi connectivity index (χ1v) is 8.36. The predicted octanol–water partition coefficient (Wildman–Crippen LogP) is 3.29. The zero-order valence-electron chi connectivity index (χ0n) is 13.5. The van der Waals surface area contributed by atoms with Crippen molar-refractivity contribution in [2.24, 2.45) is 5.16 Å². The number of nitrogens with zero attached hydrogens (tertiary/aromatic N) is 2. The molecule has 0 saturated carbocycles. The summed E-state index contributed by atoms with van der Waals surface area (Å²) >= 11 is 0. The van der Waals surface area contributed by atoms with Crippen LogP contribution in [0.15, 0.2) is 65.8 Å². The average Bonchev–Trinajstić information content (AvgIpc) is 3.23. The summed E-state index contributed by atoms with van der Waals surface area (Å²) in [5.41, 5.74) is 2.72. The van der Waals surface area contributed by atoms with E-state index in [1.54, 1.807) is 0 Å². The number of carbonyl (C=O) groups excluding carboxylic acids is 1. The van der Waals surface area contributed by atoms with Crippen molar-refractivity contribution in [1.29, 1.82) is 0 Å². The fraction of sp³-hybridized carbons (Fsp3) is 0.300. The van der Waals surface area contributed by atoms with Crippen LogP contribution in [0.4, 0.5) is 0 Å². The first kappa shape index (κ1) is 14.9. The molecule has 24 heavy (non-hydrogen) atoms. The molecule has 2 heterocycles. The van der Waals surface area contributed by atoms with Gasteiger partial charge in [0.05, 0.1) is 12.3 Å². The summed E-state index contributed by atoms with van der Waals surface area (Å²) in [5, 5.41) is 4.31. The number of oxime groups is 1. The number of benzene rings is 2. The Morgan fingerprint density at radius 1 is 1.08 bits per heavy atom. The SMILES string of the molecule is O=C(c1ccccc1)N1CCC2(CC(Cc3ccccc3)=NO2)C1. The van der Waals surface area contributed by atoms with Crippen molar-refractivity contribution in [2.75, 3.05) is 13.1 Å². The summed E-state index contributed by atoms with van der Waals surface area (Å²) in [6.45, 7) is 1.34.